The SMILES string of the molecule is CC(C)N1CCC(CC(=O)N2CCC(Cn3ccnc3)CC2)CC1. The van der Waals surface area contributed by atoms with Gasteiger partial charge in [0.2, 0.25) is 5.91 Å². The fraction of sp³-hybridized carbons (Fsp3) is 0.789. The van der Waals surface area contributed by atoms with E-state index >= 15 is 0 Å². The minimum atomic E-state index is 0.388. The number of hydrogen-bond donors (Lipinski definition) is 0. The van der Waals surface area contributed by atoms with Crippen LogP contribution >= 0.6 is 0 Å². The molecule has 2 aliphatic rings. The Morgan fingerprint density at radius 3 is 2.33 bits per heavy atom. The molecule has 5 nitrogen and oxygen atoms in total. The third kappa shape index (κ3) is 4.59. The van der Waals surface area contributed by atoms with Gasteiger partial charge in [0.1, 0.15) is 0 Å². The number of carbonyl (C=O) groups is 1. The first-order valence-corrected chi connectivity index (χ1v) is 9.59. The first-order chi connectivity index (χ1) is 11.6. The maximum Gasteiger partial charge on any atom is 0.222 e. The number of aromatic nitrogens is 2. The maximum atomic E-state index is 12.6. The van der Waals surface area contributed by atoms with E-state index in [0.717, 1.165) is 52.0 Å². The van der Waals surface area contributed by atoms with Crippen molar-refractivity contribution >= 4 is 5.91 Å². The second-order valence-electron chi connectivity index (χ2n) is 7.86. The molecule has 1 aromatic rings. The Bertz CT molecular complexity index is 497. The average molecular weight is 332 g/mol. The van der Waals surface area contributed by atoms with E-state index in [2.05, 4.69) is 33.2 Å². The van der Waals surface area contributed by atoms with Gasteiger partial charge in [-0.15, -0.1) is 0 Å². The molecular weight excluding hydrogens is 300 g/mol. The highest BCUT2D eigenvalue weighted by molar-refractivity contribution is 5.76. The molecule has 0 atom stereocenters. The molecule has 5 heteroatoms. The summed E-state index contributed by atoms with van der Waals surface area (Å²) >= 11 is 0. The van der Waals surface area contributed by atoms with Crippen LogP contribution in [0.15, 0.2) is 18.7 Å². The smallest absolute Gasteiger partial charge is 0.222 e. The highest BCUT2D eigenvalue weighted by atomic mass is 16.2. The molecule has 1 amide bonds. The molecule has 2 aliphatic heterocycles. The van der Waals surface area contributed by atoms with Gasteiger partial charge in [-0.2, -0.15) is 0 Å². The van der Waals surface area contributed by atoms with Gasteiger partial charge in [-0.1, -0.05) is 0 Å². The highest BCUT2D eigenvalue weighted by Gasteiger charge is 2.27. The lowest BCUT2D eigenvalue weighted by molar-refractivity contribution is -0.134. The van der Waals surface area contributed by atoms with Gasteiger partial charge in [0.25, 0.3) is 0 Å². The van der Waals surface area contributed by atoms with Crippen LogP contribution in [-0.4, -0.2) is 57.5 Å². The fourth-order valence-corrected chi connectivity index (χ4v) is 4.11. The summed E-state index contributed by atoms with van der Waals surface area (Å²) < 4.78 is 2.16. The molecule has 1 aromatic heterocycles. The van der Waals surface area contributed by atoms with Crippen LogP contribution in [0, 0.1) is 11.8 Å². The van der Waals surface area contributed by atoms with Gasteiger partial charge in [0.05, 0.1) is 6.33 Å². The molecule has 2 saturated heterocycles. The van der Waals surface area contributed by atoms with Crippen molar-refractivity contribution in [2.75, 3.05) is 26.2 Å². The van der Waals surface area contributed by atoms with Gasteiger partial charge in [0, 0.05) is 44.5 Å². The molecule has 0 N–H and O–H groups in total. The Hall–Kier alpha value is -1.36. The molecule has 24 heavy (non-hydrogen) atoms. The van der Waals surface area contributed by atoms with Crippen LogP contribution in [0.2, 0.25) is 0 Å². The van der Waals surface area contributed by atoms with E-state index in [4.69, 9.17) is 0 Å². The van der Waals surface area contributed by atoms with Crippen molar-refractivity contribution in [2.24, 2.45) is 11.8 Å². The van der Waals surface area contributed by atoms with Gasteiger partial charge in [0.15, 0.2) is 0 Å². The first-order valence-electron chi connectivity index (χ1n) is 9.59. The minimum Gasteiger partial charge on any atom is -0.343 e. The standard InChI is InChI=1S/C19H32N4O/c1-16(2)22-8-3-17(4-9-22)13-19(24)23-10-5-18(6-11-23)14-21-12-7-20-15-21/h7,12,15-18H,3-6,8-11,13-14H2,1-2H3. The topological polar surface area (TPSA) is 41.4 Å². The lowest BCUT2D eigenvalue weighted by atomic mass is 9.91. The molecule has 0 unspecified atom stereocenters. The van der Waals surface area contributed by atoms with E-state index in [1.54, 1.807) is 0 Å². The van der Waals surface area contributed by atoms with Crippen molar-refractivity contribution in [1.29, 1.82) is 0 Å². The maximum absolute atomic E-state index is 12.6. The molecule has 0 radical (unpaired) electrons. The Labute approximate surface area is 146 Å². The van der Waals surface area contributed by atoms with Crippen molar-refractivity contribution < 1.29 is 4.79 Å². The Morgan fingerprint density at radius 1 is 1.08 bits per heavy atom. The summed E-state index contributed by atoms with van der Waals surface area (Å²) in [6.45, 7) is 9.74. The number of piperidine rings is 2. The molecule has 134 valence electrons. The zero-order valence-corrected chi connectivity index (χ0v) is 15.2. The molecular formula is C19H32N4O. The third-order valence-corrected chi connectivity index (χ3v) is 5.84. The predicted molar refractivity (Wildman–Crippen MR) is 95.6 cm³/mol. The Kier molecular flexibility index (Phi) is 5.93. The molecule has 0 spiro atoms. The van der Waals surface area contributed by atoms with Crippen LogP contribution in [0.1, 0.15) is 46.0 Å². The lowest BCUT2D eigenvalue weighted by Crippen LogP contribution is -2.42. The summed E-state index contributed by atoms with van der Waals surface area (Å²) in [6, 6.07) is 0.635. The molecule has 3 rings (SSSR count). The van der Waals surface area contributed by atoms with E-state index in [9.17, 15) is 4.79 Å². The lowest BCUT2D eigenvalue weighted by Gasteiger charge is -2.36. The molecule has 0 aromatic carbocycles. The van der Waals surface area contributed by atoms with Crippen molar-refractivity contribution in [2.45, 2.75) is 58.5 Å². The highest BCUT2D eigenvalue weighted by Crippen LogP contribution is 2.25. The van der Waals surface area contributed by atoms with Gasteiger partial charge in [-0.3, -0.25) is 4.79 Å². The average Bonchev–Trinajstić information content (AvgIpc) is 3.09. The van der Waals surface area contributed by atoms with Crippen molar-refractivity contribution in [1.82, 2.24) is 19.4 Å². The molecule has 0 bridgehead atoms. The summed E-state index contributed by atoms with van der Waals surface area (Å²) in [6.07, 6.45) is 11.1. The summed E-state index contributed by atoms with van der Waals surface area (Å²) in [5.74, 6) is 1.66. The van der Waals surface area contributed by atoms with E-state index in [0.29, 0.717) is 23.8 Å². The van der Waals surface area contributed by atoms with Gasteiger partial charge in [-0.25, -0.2) is 4.98 Å². The molecule has 3 heterocycles. The van der Waals surface area contributed by atoms with Gasteiger partial charge < -0.3 is 14.4 Å². The van der Waals surface area contributed by atoms with E-state index in [1.165, 1.54) is 12.8 Å². The minimum absolute atomic E-state index is 0.388. The van der Waals surface area contributed by atoms with Crippen LogP contribution in [0.5, 0.6) is 0 Å². The van der Waals surface area contributed by atoms with Gasteiger partial charge in [-0.05, 0) is 64.5 Å². The Morgan fingerprint density at radius 2 is 1.75 bits per heavy atom. The number of likely N-dealkylation sites (tertiary alicyclic amines) is 2. The van der Waals surface area contributed by atoms with Gasteiger partial charge >= 0.3 is 0 Å². The molecule has 2 fully saturated rings. The summed E-state index contributed by atoms with van der Waals surface area (Å²) in [7, 11) is 0. The number of rotatable bonds is 5. The van der Waals surface area contributed by atoms with E-state index in [-0.39, 0.29) is 0 Å². The van der Waals surface area contributed by atoms with E-state index in [1.807, 2.05) is 18.7 Å². The number of amides is 1. The zero-order chi connectivity index (χ0) is 16.9. The number of carbonyl (C=O) groups excluding carboxylic acids is 1. The second kappa shape index (κ2) is 8.15. The van der Waals surface area contributed by atoms with E-state index < -0.39 is 0 Å². The van der Waals surface area contributed by atoms with Crippen LogP contribution in [0.25, 0.3) is 0 Å². The quantitative estimate of drug-likeness (QED) is 0.832. The Balaban J connectivity index is 1.38. The largest absolute Gasteiger partial charge is 0.343 e. The number of nitrogens with zero attached hydrogens (tertiary/aromatic N) is 4. The number of hydrogen-bond acceptors (Lipinski definition) is 3. The second-order valence-corrected chi connectivity index (χ2v) is 7.86. The fourth-order valence-electron chi connectivity index (χ4n) is 4.11. The summed E-state index contributed by atoms with van der Waals surface area (Å²) in [4.78, 5) is 21.4. The van der Waals surface area contributed by atoms with Crippen molar-refractivity contribution in [3.05, 3.63) is 18.7 Å². The summed E-state index contributed by atoms with van der Waals surface area (Å²) in [5, 5.41) is 0. The van der Waals surface area contributed by atoms with Crippen LogP contribution < -0.4 is 0 Å². The normalized spacial score (nSPS) is 21.5. The molecule has 0 aliphatic carbocycles. The first kappa shape index (κ1) is 17.5. The number of imidazole rings is 1. The van der Waals surface area contributed by atoms with Crippen LogP contribution in [0.4, 0.5) is 0 Å². The van der Waals surface area contributed by atoms with Crippen LogP contribution in [0.3, 0.4) is 0 Å². The van der Waals surface area contributed by atoms with Crippen molar-refractivity contribution in [3.63, 3.8) is 0 Å². The van der Waals surface area contributed by atoms with Crippen LogP contribution in [-0.2, 0) is 11.3 Å². The van der Waals surface area contributed by atoms with Crippen molar-refractivity contribution in [3.8, 4) is 0 Å². The zero-order valence-electron chi connectivity index (χ0n) is 15.2. The monoisotopic (exact) mass is 332 g/mol. The summed E-state index contributed by atoms with van der Waals surface area (Å²) in [5.41, 5.74) is 0. The third-order valence-electron chi connectivity index (χ3n) is 5.84. The molecule has 0 saturated carbocycles. The predicted octanol–water partition coefficient (Wildman–Crippen LogP) is 2.63.